The zero-order chi connectivity index (χ0) is 37.3. The van der Waals surface area contributed by atoms with Crippen LogP contribution in [0.15, 0.2) is 60.7 Å². The molecule has 4 aromatic rings. The van der Waals surface area contributed by atoms with Crippen molar-refractivity contribution in [2.45, 2.75) is 67.5 Å². The van der Waals surface area contributed by atoms with E-state index in [4.69, 9.17) is 0 Å². The fourth-order valence-corrected chi connectivity index (χ4v) is 4.78. The third kappa shape index (κ3) is 7.75. The van der Waals surface area contributed by atoms with Crippen LogP contribution in [0.25, 0.3) is 10.8 Å². The van der Waals surface area contributed by atoms with Crippen molar-refractivity contribution in [3.8, 4) is 23.0 Å². The molecule has 0 heterocycles. The van der Waals surface area contributed by atoms with E-state index in [1.54, 1.807) is 36.4 Å². The normalized spacial score (nSPS) is 12.9. The topological polar surface area (TPSA) is 197 Å². The van der Waals surface area contributed by atoms with Gasteiger partial charge >= 0.3 is 0 Å². The van der Waals surface area contributed by atoms with E-state index >= 15 is 0 Å². The summed E-state index contributed by atoms with van der Waals surface area (Å²) in [6.45, 7) is 15.3. The van der Waals surface area contributed by atoms with Gasteiger partial charge in [0.15, 0.2) is 23.0 Å². The molecule has 8 N–H and O–H groups in total. The Kier molecular flexibility index (Phi) is 10.4. The second kappa shape index (κ2) is 14.0. The number of carbonyl (C=O) groups excluding carboxylic acids is 4. The molecule has 2 atom stereocenters. The Morgan fingerprint density at radius 3 is 1.04 bits per heavy atom. The molecule has 0 fully saturated rings. The molecule has 0 aliphatic rings. The van der Waals surface area contributed by atoms with E-state index in [1.807, 2.05) is 55.4 Å². The Morgan fingerprint density at radius 1 is 0.480 bits per heavy atom. The van der Waals surface area contributed by atoms with Crippen LogP contribution in [0.3, 0.4) is 0 Å². The lowest BCUT2D eigenvalue weighted by molar-refractivity contribution is 0.0898. The standard InChI is InChI=1S/C38H44N4O8/c1-19(37(3,4)5)39-33(47)23-15-17-25(31(45)29(23)43)35(49)41-27-13-9-12-22-21(27)11-10-14-28(22)42-36(50)26-18-16-24(30(44)32(26)46)34(48)40-20(2)38(6,7)8/h9-20,43-46H,1-8H3,(H,39,47)(H,40,48)(H,41,49)(H,42,50)/t19-,20-/m1/s1. The van der Waals surface area contributed by atoms with Gasteiger partial charge in [-0.1, -0.05) is 65.8 Å². The Balaban J connectivity index is 1.56. The minimum atomic E-state index is -0.767. The molecule has 0 saturated carbocycles. The Bertz CT molecular complexity index is 1850. The van der Waals surface area contributed by atoms with Crippen molar-refractivity contribution in [3.63, 3.8) is 0 Å². The van der Waals surface area contributed by atoms with Gasteiger partial charge in [-0.3, -0.25) is 19.2 Å². The lowest BCUT2D eigenvalue weighted by Crippen LogP contribution is -2.41. The zero-order valence-corrected chi connectivity index (χ0v) is 29.4. The van der Waals surface area contributed by atoms with Crippen LogP contribution in [0.5, 0.6) is 23.0 Å². The summed E-state index contributed by atoms with van der Waals surface area (Å²) in [7, 11) is 0. The highest BCUT2D eigenvalue weighted by molar-refractivity contribution is 6.16. The van der Waals surface area contributed by atoms with Gasteiger partial charge in [0, 0.05) is 34.2 Å². The third-order valence-corrected chi connectivity index (χ3v) is 8.99. The molecular weight excluding hydrogens is 640 g/mol. The predicted molar refractivity (Wildman–Crippen MR) is 192 cm³/mol. The van der Waals surface area contributed by atoms with Gasteiger partial charge in [-0.25, -0.2) is 0 Å². The molecule has 4 rings (SSSR count). The number of hydrogen-bond acceptors (Lipinski definition) is 8. The van der Waals surface area contributed by atoms with Crippen LogP contribution < -0.4 is 21.3 Å². The molecule has 0 aliphatic heterocycles. The van der Waals surface area contributed by atoms with Crippen molar-refractivity contribution in [2.75, 3.05) is 10.6 Å². The van der Waals surface area contributed by atoms with Gasteiger partial charge in [0.05, 0.1) is 22.3 Å². The van der Waals surface area contributed by atoms with Gasteiger partial charge in [0.1, 0.15) is 0 Å². The van der Waals surface area contributed by atoms with Crippen molar-refractivity contribution >= 4 is 45.8 Å². The molecule has 12 nitrogen and oxygen atoms in total. The summed E-state index contributed by atoms with van der Waals surface area (Å²) in [6.07, 6.45) is 0. The number of anilines is 2. The second-order valence-corrected chi connectivity index (χ2v) is 14.5. The van der Waals surface area contributed by atoms with E-state index in [-0.39, 0.29) is 45.2 Å². The summed E-state index contributed by atoms with van der Waals surface area (Å²) in [6, 6.07) is 14.3. The SMILES string of the molecule is C[C@@H](NC(=O)c1ccc(C(=O)Nc2cccc3c(NC(=O)c4ccc(C(=O)N[C@H](C)C(C)(C)C)c(O)c4O)cccc23)c(O)c1O)C(C)(C)C. The first-order valence-corrected chi connectivity index (χ1v) is 16.1. The number of phenols is 4. The van der Waals surface area contributed by atoms with Crippen LogP contribution in [0, 0.1) is 10.8 Å². The lowest BCUT2D eigenvalue weighted by Gasteiger charge is -2.28. The Morgan fingerprint density at radius 2 is 0.760 bits per heavy atom. The number of phenolic OH excluding ortho intramolecular Hbond substituents is 4. The van der Waals surface area contributed by atoms with Crippen LogP contribution in [-0.2, 0) is 0 Å². The number of aromatic hydroxyl groups is 4. The fourth-order valence-electron chi connectivity index (χ4n) is 4.78. The highest BCUT2D eigenvalue weighted by Crippen LogP contribution is 2.37. The van der Waals surface area contributed by atoms with Gasteiger partial charge < -0.3 is 41.7 Å². The average Bonchev–Trinajstić information content (AvgIpc) is 3.02. The van der Waals surface area contributed by atoms with Crippen molar-refractivity contribution in [2.24, 2.45) is 10.8 Å². The molecule has 50 heavy (non-hydrogen) atoms. The molecule has 0 radical (unpaired) electrons. The molecule has 4 amide bonds. The van der Waals surface area contributed by atoms with Gasteiger partial charge in [-0.15, -0.1) is 0 Å². The summed E-state index contributed by atoms with van der Waals surface area (Å²) in [4.78, 5) is 52.1. The third-order valence-electron chi connectivity index (χ3n) is 8.99. The number of hydrogen-bond donors (Lipinski definition) is 8. The minimum absolute atomic E-state index is 0.187. The van der Waals surface area contributed by atoms with E-state index in [0.717, 1.165) is 0 Å². The van der Waals surface area contributed by atoms with Gasteiger partial charge in [0.2, 0.25) is 0 Å². The molecular formula is C38H44N4O8. The highest BCUT2D eigenvalue weighted by atomic mass is 16.3. The first-order chi connectivity index (χ1) is 23.2. The zero-order valence-electron chi connectivity index (χ0n) is 29.4. The fraction of sp³-hybridized carbons (Fsp3) is 0.316. The van der Waals surface area contributed by atoms with E-state index in [2.05, 4.69) is 21.3 Å². The molecule has 264 valence electrons. The second-order valence-electron chi connectivity index (χ2n) is 14.5. The van der Waals surface area contributed by atoms with Crippen molar-refractivity contribution in [3.05, 3.63) is 82.9 Å². The molecule has 0 unspecified atom stereocenters. The van der Waals surface area contributed by atoms with Crippen LogP contribution in [0.1, 0.15) is 96.8 Å². The Labute approximate surface area is 290 Å². The number of amides is 4. The number of carbonyl (C=O) groups is 4. The summed E-state index contributed by atoms with van der Waals surface area (Å²) in [5.41, 5.74) is -0.813. The number of nitrogens with one attached hydrogen (secondary N) is 4. The van der Waals surface area contributed by atoms with Crippen LogP contribution >= 0.6 is 0 Å². The number of fused-ring (bicyclic) bond motifs is 1. The lowest BCUT2D eigenvalue weighted by atomic mass is 9.88. The van der Waals surface area contributed by atoms with Crippen LogP contribution in [0.4, 0.5) is 11.4 Å². The van der Waals surface area contributed by atoms with Gasteiger partial charge in [-0.2, -0.15) is 0 Å². The van der Waals surface area contributed by atoms with E-state index in [0.29, 0.717) is 22.1 Å². The van der Waals surface area contributed by atoms with Crippen LogP contribution in [0.2, 0.25) is 0 Å². The smallest absolute Gasteiger partial charge is 0.259 e. The predicted octanol–water partition coefficient (Wildman–Crippen LogP) is 6.50. The van der Waals surface area contributed by atoms with Crippen molar-refractivity contribution in [1.29, 1.82) is 0 Å². The molecule has 0 bridgehead atoms. The van der Waals surface area contributed by atoms with E-state index < -0.39 is 46.6 Å². The van der Waals surface area contributed by atoms with E-state index in [9.17, 15) is 39.6 Å². The molecule has 0 aliphatic carbocycles. The van der Waals surface area contributed by atoms with Crippen molar-refractivity contribution in [1.82, 2.24) is 10.6 Å². The largest absolute Gasteiger partial charge is 0.504 e. The van der Waals surface area contributed by atoms with E-state index in [1.165, 1.54) is 24.3 Å². The maximum absolute atomic E-state index is 13.3. The summed E-state index contributed by atoms with van der Waals surface area (Å²) in [5, 5.41) is 54.6. The summed E-state index contributed by atoms with van der Waals surface area (Å²) >= 11 is 0. The molecule has 0 aromatic heterocycles. The first kappa shape index (κ1) is 37.0. The average molecular weight is 685 g/mol. The summed E-state index contributed by atoms with van der Waals surface area (Å²) < 4.78 is 0. The maximum Gasteiger partial charge on any atom is 0.259 e. The van der Waals surface area contributed by atoms with Gasteiger partial charge in [-0.05, 0) is 61.1 Å². The first-order valence-electron chi connectivity index (χ1n) is 16.1. The Hall–Kier alpha value is -5.78. The molecule has 12 heteroatoms. The van der Waals surface area contributed by atoms with Crippen molar-refractivity contribution < 1.29 is 39.6 Å². The monoisotopic (exact) mass is 684 g/mol. The quantitative estimate of drug-likeness (QED) is 0.0963. The maximum atomic E-state index is 13.3. The number of benzene rings is 4. The summed E-state index contributed by atoms with van der Waals surface area (Å²) in [5.74, 6) is -5.74. The molecule has 0 spiro atoms. The number of rotatable bonds is 8. The molecule has 0 saturated heterocycles. The minimum Gasteiger partial charge on any atom is -0.504 e. The van der Waals surface area contributed by atoms with Gasteiger partial charge in [0.25, 0.3) is 23.6 Å². The molecule has 4 aromatic carbocycles. The van der Waals surface area contributed by atoms with Crippen LogP contribution in [-0.4, -0.2) is 56.1 Å². The highest BCUT2D eigenvalue weighted by Gasteiger charge is 2.28.